The molecule has 3 heterocycles. The van der Waals surface area contributed by atoms with Crippen LogP contribution >= 0.6 is 11.8 Å². The van der Waals surface area contributed by atoms with Gasteiger partial charge in [0, 0.05) is 23.6 Å². The molecule has 4 rings (SSSR count). The zero-order valence-corrected chi connectivity index (χ0v) is 20.3. The van der Waals surface area contributed by atoms with Crippen molar-refractivity contribution in [2.24, 2.45) is 0 Å². The number of ether oxygens (including phenoxy) is 3. The molecule has 0 radical (unpaired) electrons. The van der Waals surface area contributed by atoms with Gasteiger partial charge in [-0.15, -0.1) is 10.2 Å². The molecule has 0 amide bonds. The lowest BCUT2D eigenvalue weighted by Gasteiger charge is -2.16. The topological polar surface area (TPSA) is 101 Å². The summed E-state index contributed by atoms with van der Waals surface area (Å²) in [6.45, 7) is 9.06. The van der Waals surface area contributed by atoms with Crippen molar-refractivity contribution < 1.29 is 18.6 Å². The van der Waals surface area contributed by atoms with Crippen LogP contribution in [0.1, 0.15) is 32.0 Å². The van der Waals surface area contributed by atoms with Crippen LogP contribution in [0.3, 0.4) is 0 Å². The third-order valence-electron chi connectivity index (χ3n) is 4.77. The molecule has 0 atom stereocenters. The van der Waals surface area contributed by atoms with Crippen molar-refractivity contribution in [3.8, 4) is 28.7 Å². The van der Waals surface area contributed by atoms with E-state index in [0.717, 1.165) is 5.56 Å². The molecule has 10 heteroatoms. The summed E-state index contributed by atoms with van der Waals surface area (Å²) in [5.41, 5.74) is 2.76. The molecule has 0 bridgehead atoms. The number of thioether (sulfide) groups is 1. The Balaban J connectivity index is 1.57. The molecule has 3 aromatic heterocycles. The van der Waals surface area contributed by atoms with Crippen LogP contribution in [0.25, 0.3) is 17.1 Å². The number of fused-ring (bicyclic) bond motifs is 1. The summed E-state index contributed by atoms with van der Waals surface area (Å²) in [5.74, 6) is 2.39. The number of benzene rings is 1. The maximum atomic E-state index is 12.4. The monoisotopic (exact) mass is 482 g/mol. The van der Waals surface area contributed by atoms with Gasteiger partial charge in [0.1, 0.15) is 5.65 Å². The molecular weight excluding hydrogens is 456 g/mol. The molecule has 0 aliphatic rings. The number of pyridine rings is 1. The average Bonchev–Trinajstić information content (AvgIpc) is 3.30. The number of hydrogen-bond acceptors (Lipinski definition) is 9. The number of aromatic nitrogens is 4. The first-order valence-corrected chi connectivity index (χ1v) is 12.0. The first-order chi connectivity index (χ1) is 16.5. The van der Waals surface area contributed by atoms with Gasteiger partial charge in [-0.25, -0.2) is 4.98 Å². The van der Waals surface area contributed by atoms with Gasteiger partial charge in [0.25, 0.3) is 10.8 Å². The molecule has 0 spiro atoms. The predicted octanol–water partition coefficient (Wildman–Crippen LogP) is 4.54. The molecule has 4 aromatic rings. The van der Waals surface area contributed by atoms with Gasteiger partial charge in [-0.05, 0) is 51.5 Å². The smallest absolute Gasteiger partial charge is 0.277 e. The Bertz CT molecular complexity index is 1320. The molecule has 9 nitrogen and oxygen atoms in total. The van der Waals surface area contributed by atoms with E-state index in [1.165, 1.54) is 22.2 Å². The summed E-state index contributed by atoms with van der Waals surface area (Å²) in [4.78, 5) is 17.0. The summed E-state index contributed by atoms with van der Waals surface area (Å²) in [6.07, 6.45) is 1.77. The van der Waals surface area contributed by atoms with E-state index in [1.54, 1.807) is 18.3 Å². The highest BCUT2D eigenvalue weighted by Gasteiger charge is 2.19. The van der Waals surface area contributed by atoms with E-state index < -0.39 is 0 Å². The second-order valence-corrected chi connectivity index (χ2v) is 8.21. The van der Waals surface area contributed by atoms with Crippen molar-refractivity contribution in [3.63, 3.8) is 0 Å². The average molecular weight is 483 g/mol. The Morgan fingerprint density at radius 3 is 2.35 bits per heavy atom. The van der Waals surface area contributed by atoms with Gasteiger partial charge in [0.15, 0.2) is 11.5 Å². The van der Waals surface area contributed by atoms with E-state index in [-0.39, 0.29) is 5.56 Å². The van der Waals surface area contributed by atoms with Gasteiger partial charge in [-0.2, -0.15) is 0 Å². The Morgan fingerprint density at radius 1 is 0.971 bits per heavy atom. The summed E-state index contributed by atoms with van der Waals surface area (Å²) in [6, 6.07) is 8.87. The van der Waals surface area contributed by atoms with Crippen molar-refractivity contribution in [1.82, 2.24) is 19.6 Å². The third kappa shape index (κ3) is 5.17. The fourth-order valence-corrected chi connectivity index (χ4v) is 4.02. The van der Waals surface area contributed by atoms with Crippen molar-refractivity contribution in [2.45, 2.75) is 38.7 Å². The van der Waals surface area contributed by atoms with Crippen LogP contribution in [0.15, 0.2) is 51.0 Å². The molecular formula is C24H26N4O5S. The molecule has 0 fully saturated rings. The first kappa shape index (κ1) is 23.6. The lowest BCUT2D eigenvalue weighted by molar-refractivity contribution is 0.261. The normalized spacial score (nSPS) is 11.1. The SMILES string of the molecule is CCOc1cc(-c2nnc(SCc3cc(=O)n4cc(C)ccc4n3)o2)cc(OCC)c1OCC. The molecule has 0 unspecified atom stereocenters. The minimum Gasteiger partial charge on any atom is -0.490 e. The zero-order valence-electron chi connectivity index (χ0n) is 19.5. The Kier molecular flexibility index (Phi) is 7.36. The lowest BCUT2D eigenvalue weighted by Crippen LogP contribution is -2.15. The van der Waals surface area contributed by atoms with E-state index in [1.807, 2.05) is 39.8 Å². The van der Waals surface area contributed by atoms with Crippen LogP contribution in [-0.2, 0) is 5.75 Å². The zero-order chi connectivity index (χ0) is 24.1. The number of hydrogen-bond donors (Lipinski definition) is 0. The van der Waals surface area contributed by atoms with Crippen LogP contribution in [0.2, 0.25) is 0 Å². The van der Waals surface area contributed by atoms with Crippen LogP contribution in [-0.4, -0.2) is 39.4 Å². The van der Waals surface area contributed by atoms with Gasteiger partial charge >= 0.3 is 0 Å². The van der Waals surface area contributed by atoms with Crippen molar-refractivity contribution in [2.75, 3.05) is 19.8 Å². The second kappa shape index (κ2) is 10.6. The number of rotatable bonds is 10. The van der Waals surface area contributed by atoms with Crippen molar-refractivity contribution >= 4 is 17.4 Å². The van der Waals surface area contributed by atoms with Crippen molar-refractivity contribution in [1.29, 1.82) is 0 Å². The summed E-state index contributed by atoms with van der Waals surface area (Å²) >= 11 is 1.31. The van der Waals surface area contributed by atoms with E-state index in [0.29, 0.717) is 70.8 Å². The molecule has 0 aliphatic carbocycles. The van der Waals surface area contributed by atoms with Gasteiger partial charge in [0.2, 0.25) is 11.6 Å². The van der Waals surface area contributed by atoms with Gasteiger partial charge in [0.05, 0.1) is 25.5 Å². The molecule has 0 saturated heterocycles. The van der Waals surface area contributed by atoms with Crippen molar-refractivity contribution in [3.05, 3.63) is 58.1 Å². The van der Waals surface area contributed by atoms with E-state index >= 15 is 0 Å². The Hall–Kier alpha value is -3.53. The Morgan fingerprint density at radius 2 is 1.68 bits per heavy atom. The third-order valence-corrected chi connectivity index (χ3v) is 5.62. The fraction of sp³-hybridized carbons (Fsp3) is 0.333. The molecule has 178 valence electrons. The summed E-state index contributed by atoms with van der Waals surface area (Å²) in [5, 5.41) is 8.68. The van der Waals surface area contributed by atoms with Crippen LogP contribution in [0.4, 0.5) is 0 Å². The minimum atomic E-state index is -0.128. The Labute approximate surface area is 201 Å². The molecule has 34 heavy (non-hydrogen) atoms. The van der Waals surface area contributed by atoms with Gasteiger partial charge in [-0.3, -0.25) is 9.20 Å². The number of nitrogens with zero attached hydrogens (tertiary/aromatic N) is 4. The first-order valence-electron chi connectivity index (χ1n) is 11.0. The fourth-order valence-electron chi connectivity index (χ4n) is 3.36. The molecule has 1 aromatic carbocycles. The highest BCUT2D eigenvalue weighted by atomic mass is 32.2. The largest absolute Gasteiger partial charge is 0.490 e. The predicted molar refractivity (Wildman–Crippen MR) is 129 cm³/mol. The van der Waals surface area contributed by atoms with E-state index in [9.17, 15) is 4.79 Å². The van der Waals surface area contributed by atoms with Crippen LogP contribution in [0, 0.1) is 6.92 Å². The highest BCUT2D eigenvalue weighted by Crippen LogP contribution is 2.42. The minimum absolute atomic E-state index is 0.128. The van der Waals surface area contributed by atoms with Crippen LogP contribution < -0.4 is 19.8 Å². The molecule has 0 saturated carbocycles. The lowest BCUT2D eigenvalue weighted by atomic mass is 10.2. The maximum absolute atomic E-state index is 12.4. The van der Waals surface area contributed by atoms with Crippen LogP contribution in [0.5, 0.6) is 17.2 Å². The highest BCUT2D eigenvalue weighted by molar-refractivity contribution is 7.98. The summed E-state index contributed by atoms with van der Waals surface area (Å²) in [7, 11) is 0. The number of aryl methyl sites for hydroxylation is 1. The van der Waals surface area contributed by atoms with Gasteiger partial charge in [-0.1, -0.05) is 17.8 Å². The molecule has 0 N–H and O–H groups in total. The standard InChI is InChI=1S/C24H26N4O5S/c1-5-30-18-10-16(11-19(31-6-2)22(18)32-7-3)23-26-27-24(33-23)34-14-17-12-21(29)28-13-15(4)8-9-20(28)25-17/h8-13H,5-7,14H2,1-4H3. The quantitative estimate of drug-likeness (QED) is 0.301. The second-order valence-electron chi connectivity index (χ2n) is 7.28. The molecule has 0 aliphatic heterocycles. The summed E-state index contributed by atoms with van der Waals surface area (Å²) < 4.78 is 24.7. The van der Waals surface area contributed by atoms with E-state index in [2.05, 4.69) is 15.2 Å². The maximum Gasteiger partial charge on any atom is 0.277 e. The van der Waals surface area contributed by atoms with E-state index in [4.69, 9.17) is 18.6 Å². The van der Waals surface area contributed by atoms with Gasteiger partial charge < -0.3 is 18.6 Å².